The van der Waals surface area contributed by atoms with Gasteiger partial charge in [0.05, 0.1) is 5.56 Å². The standard InChI is InChI=1S/C7H6F3N/c8-7(9,10)5-2-1-3-6(11)4-5/h1-4H,11H2/p+1. The van der Waals surface area contributed by atoms with Crippen LogP contribution in [0.1, 0.15) is 5.56 Å². The molecule has 0 heterocycles. The van der Waals surface area contributed by atoms with Crippen molar-refractivity contribution < 1.29 is 18.9 Å². The molecule has 0 fully saturated rings. The molecule has 4 heteroatoms. The van der Waals surface area contributed by atoms with E-state index >= 15 is 0 Å². The van der Waals surface area contributed by atoms with Crippen molar-refractivity contribution in [1.29, 1.82) is 0 Å². The van der Waals surface area contributed by atoms with Gasteiger partial charge >= 0.3 is 6.18 Å². The van der Waals surface area contributed by atoms with Gasteiger partial charge in [-0.3, -0.25) is 0 Å². The largest absolute Gasteiger partial charge is 0.416 e. The van der Waals surface area contributed by atoms with E-state index in [1.165, 1.54) is 12.1 Å². The van der Waals surface area contributed by atoms with Crippen LogP contribution in [0.2, 0.25) is 0 Å². The molecular weight excluding hydrogens is 155 g/mol. The molecule has 0 aromatic heterocycles. The molecule has 3 N–H and O–H groups in total. The van der Waals surface area contributed by atoms with Crippen LogP contribution >= 0.6 is 0 Å². The fourth-order valence-corrected chi connectivity index (χ4v) is 0.748. The van der Waals surface area contributed by atoms with Gasteiger partial charge in [-0.25, -0.2) is 0 Å². The van der Waals surface area contributed by atoms with Gasteiger partial charge in [0, 0.05) is 6.07 Å². The molecule has 0 amide bonds. The SMILES string of the molecule is [NH3+]c1cccc(C(F)(F)F)c1. The molecule has 1 nitrogen and oxygen atoms in total. The molecule has 0 spiro atoms. The molecular formula is C7H7F3N+. The summed E-state index contributed by atoms with van der Waals surface area (Å²) in [5.41, 5.74) is 3.12. The highest BCUT2D eigenvalue weighted by Gasteiger charge is 2.30. The summed E-state index contributed by atoms with van der Waals surface area (Å²) in [6.45, 7) is 0. The molecule has 0 aliphatic rings. The normalized spacial score (nSPS) is 11.6. The lowest BCUT2D eigenvalue weighted by Gasteiger charge is -2.04. The monoisotopic (exact) mass is 162 g/mol. The molecule has 0 aliphatic carbocycles. The van der Waals surface area contributed by atoms with Crippen molar-refractivity contribution in [3.8, 4) is 0 Å². The van der Waals surface area contributed by atoms with Crippen molar-refractivity contribution in [3.63, 3.8) is 0 Å². The smallest absolute Gasteiger partial charge is 0.325 e. The maximum atomic E-state index is 11.9. The highest BCUT2D eigenvalue weighted by molar-refractivity contribution is 5.33. The first-order valence-corrected chi connectivity index (χ1v) is 2.99. The summed E-state index contributed by atoms with van der Waals surface area (Å²) in [4.78, 5) is 0. The van der Waals surface area contributed by atoms with E-state index in [1.807, 2.05) is 0 Å². The highest BCUT2D eigenvalue weighted by atomic mass is 19.4. The van der Waals surface area contributed by atoms with Crippen LogP contribution in [0.3, 0.4) is 0 Å². The van der Waals surface area contributed by atoms with Crippen LogP contribution in [0.15, 0.2) is 24.3 Å². The lowest BCUT2D eigenvalue weighted by atomic mass is 10.2. The van der Waals surface area contributed by atoms with Crippen LogP contribution in [-0.4, -0.2) is 0 Å². The maximum absolute atomic E-state index is 11.9. The Hall–Kier alpha value is -1.03. The minimum absolute atomic E-state index is 0.375. The molecule has 0 saturated heterocycles. The minimum atomic E-state index is -4.26. The van der Waals surface area contributed by atoms with Crippen LogP contribution in [0.4, 0.5) is 18.9 Å². The molecule has 1 aromatic carbocycles. The summed E-state index contributed by atoms with van der Waals surface area (Å²) in [5.74, 6) is 0. The predicted octanol–water partition coefficient (Wildman–Crippen LogP) is 1.58. The van der Waals surface area contributed by atoms with Crippen molar-refractivity contribution in [2.75, 3.05) is 0 Å². The summed E-state index contributed by atoms with van der Waals surface area (Å²) in [6, 6.07) is 4.90. The molecule has 0 atom stereocenters. The Bertz CT molecular complexity index is 254. The summed E-state index contributed by atoms with van der Waals surface area (Å²) in [5, 5.41) is 0. The van der Waals surface area contributed by atoms with Gasteiger partial charge in [-0.1, -0.05) is 6.07 Å². The quantitative estimate of drug-likeness (QED) is 0.599. The molecule has 0 unspecified atom stereocenters. The van der Waals surface area contributed by atoms with Gasteiger partial charge in [-0.2, -0.15) is 13.2 Å². The fraction of sp³-hybridized carbons (Fsp3) is 0.143. The molecule has 0 aliphatic heterocycles. The van der Waals surface area contributed by atoms with Crippen molar-refractivity contribution in [1.82, 2.24) is 0 Å². The average Bonchev–Trinajstić information content (AvgIpc) is 1.86. The zero-order valence-electron chi connectivity index (χ0n) is 5.65. The highest BCUT2D eigenvalue weighted by Crippen LogP contribution is 2.29. The molecule has 11 heavy (non-hydrogen) atoms. The Kier molecular flexibility index (Phi) is 1.87. The van der Waals surface area contributed by atoms with Crippen molar-refractivity contribution in [2.24, 2.45) is 0 Å². The lowest BCUT2D eigenvalue weighted by molar-refractivity contribution is -0.255. The summed E-state index contributed by atoms with van der Waals surface area (Å²) in [7, 11) is 0. The van der Waals surface area contributed by atoms with Crippen LogP contribution in [0, 0.1) is 0 Å². The van der Waals surface area contributed by atoms with Gasteiger partial charge in [0.15, 0.2) is 0 Å². The molecule has 0 radical (unpaired) electrons. The Morgan fingerprint density at radius 2 is 1.82 bits per heavy atom. The average molecular weight is 162 g/mol. The van der Waals surface area contributed by atoms with Crippen molar-refractivity contribution in [3.05, 3.63) is 29.8 Å². The van der Waals surface area contributed by atoms with Gasteiger partial charge < -0.3 is 5.73 Å². The number of rotatable bonds is 0. The Labute approximate surface area is 61.6 Å². The van der Waals surface area contributed by atoms with Gasteiger partial charge in [-0.15, -0.1) is 0 Å². The number of hydrogen-bond donors (Lipinski definition) is 1. The second-order valence-electron chi connectivity index (χ2n) is 2.20. The molecule has 1 aromatic rings. The third-order valence-electron chi connectivity index (χ3n) is 1.25. The number of quaternary nitrogens is 1. The number of alkyl halides is 3. The topological polar surface area (TPSA) is 27.6 Å². The molecule has 60 valence electrons. The lowest BCUT2D eigenvalue weighted by Crippen LogP contribution is -2.40. The third-order valence-corrected chi connectivity index (χ3v) is 1.25. The van der Waals surface area contributed by atoms with E-state index in [1.54, 1.807) is 0 Å². The second-order valence-corrected chi connectivity index (χ2v) is 2.20. The van der Waals surface area contributed by atoms with Crippen LogP contribution in [-0.2, 0) is 6.18 Å². The van der Waals surface area contributed by atoms with E-state index in [9.17, 15) is 13.2 Å². The minimum Gasteiger partial charge on any atom is -0.325 e. The fourth-order valence-electron chi connectivity index (χ4n) is 0.748. The summed E-state index contributed by atoms with van der Waals surface area (Å²) in [6.07, 6.45) is -4.26. The zero-order valence-corrected chi connectivity index (χ0v) is 5.65. The van der Waals surface area contributed by atoms with Crippen LogP contribution < -0.4 is 5.73 Å². The number of hydrogen-bond acceptors (Lipinski definition) is 0. The Morgan fingerprint density at radius 1 is 1.18 bits per heavy atom. The predicted molar refractivity (Wildman–Crippen MR) is 34.0 cm³/mol. The van der Waals surface area contributed by atoms with Gasteiger partial charge in [-0.05, 0) is 12.1 Å². The first-order valence-electron chi connectivity index (χ1n) is 2.99. The third kappa shape index (κ3) is 1.94. The number of benzene rings is 1. The van der Waals surface area contributed by atoms with E-state index in [4.69, 9.17) is 0 Å². The van der Waals surface area contributed by atoms with Crippen molar-refractivity contribution in [2.45, 2.75) is 6.18 Å². The molecule has 0 saturated carbocycles. The number of halogens is 3. The van der Waals surface area contributed by atoms with E-state index in [2.05, 4.69) is 5.73 Å². The molecule has 1 rings (SSSR count). The van der Waals surface area contributed by atoms with Crippen molar-refractivity contribution >= 4 is 5.69 Å². The first kappa shape index (κ1) is 8.07. The van der Waals surface area contributed by atoms with Crippen LogP contribution in [0.25, 0.3) is 0 Å². The van der Waals surface area contributed by atoms with E-state index in [-0.39, 0.29) is 0 Å². The maximum Gasteiger partial charge on any atom is 0.416 e. The van der Waals surface area contributed by atoms with E-state index in [0.29, 0.717) is 5.69 Å². The first-order chi connectivity index (χ1) is 5.00. The zero-order chi connectivity index (χ0) is 8.48. The summed E-state index contributed by atoms with van der Waals surface area (Å²) < 4.78 is 35.8. The van der Waals surface area contributed by atoms with Gasteiger partial charge in [0.25, 0.3) is 0 Å². The van der Waals surface area contributed by atoms with E-state index < -0.39 is 11.7 Å². The Balaban J connectivity index is 3.06. The van der Waals surface area contributed by atoms with Gasteiger partial charge in [0.2, 0.25) is 0 Å². The molecule has 0 bridgehead atoms. The van der Waals surface area contributed by atoms with Gasteiger partial charge in [0.1, 0.15) is 5.69 Å². The van der Waals surface area contributed by atoms with E-state index in [0.717, 1.165) is 12.1 Å². The Morgan fingerprint density at radius 3 is 2.18 bits per heavy atom. The second kappa shape index (κ2) is 2.54. The van der Waals surface area contributed by atoms with Crippen LogP contribution in [0.5, 0.6) is 0 Å². The summed E-state index contributed by atoms with van der Waals surface area (Å²) >= 11 is 0.